The zero-order chi connectivity index (χ0) is 18.1. The van der Waals surface area contributed by atoms with Crippen LogP contribution in [0.1, 0.15) is 24.0 Å². The molecule has 3 aromatic heterocycles. The fraction of sp³-hybridized carbons (Fsp3) is 0.368. The second kappa shape index (κ2) is 6.99. The summed E-state index contributed by atoms with van der Waals surface area (Å²) >= 11 is 1.69. The summed E-state index contributed by atoms with van der Waals surface area (Å²) in [6, 6.07) is 3.80. The molecule has 1 saturated heterocycles. The zero-order valence-electron chi connectivity index (χ0n) is 14.9. The van der Waals surface area contributed by atoms with Gasteiger partial charge in [-0.25, -0.2) is 15.0 Å². The molecular formula is C19H21N5OS. The van der Waals surface area contributed by atoms with E-state index in [1.165, 1.54) is 5.56 Å². The fourth-order valence-electron chi connectivity index (χ4n) is 3.31. The zero-order valence-corrected chi connectivity index (χ0v) is 15.7. The van der Waals surface area contributed by atoms with Crippen LogP contribution in [-0.4, -0.2) is 33.9 Å². The first-order valence-corrected chi connectivity index (χ1v) is 9.67. The molecular weight excluding hydrogens is 346 g/mol. The van der Waals surface area contributed by atoms with E-state index in [0.717, 1.165) is 47.5 Å². The van der Waals surface area contributed by atoms with Gasteiger partial charge in [0, 0.05) is 25.2 Å². The summed E-state index contributed by atoms with van der Waals surface area (Å²) in [7, 11) is 0. The van der Waals surface area contributed by atoms with Crippen LogP contribution in [0.25, 0.3) is 10.2 Å². The predicted octanol–water partition coefficient (Wildman–Crippen LogP) is 3.56. The molecule has 1 fully saturated rings. The topological polar surface area (TPSA) is 71.0 Å². The largest absolute Gasteiger partial charge is 0.355 e. The summed E-state index contributed by atoms with van der Waals surface area (Å²) in [5.74, 6) is 1.68. The number of nitrogens with one attached hydrogen (secondary N) is 1. The number of amides is 1. The summed E-state index contributed by atoms with van der Waals surface area (Å²) in [6.07, 6.45) is 5.03. The van der Waals surface area contributed by atoms with Gasteiger partial charge in [0.1, 0.15) is 18.0 Å². The van der Waals surface area contributed by atoms with Crippen LogP contribution in [0, 0.1) is 19.8 Å². The Morgan fingerprint density at radius 2 is 2.00 bits per heavy atom. The minimum Gasteiger partial charge on any atom is -0.355 e. The number of nitrogens with zero attached hydrogens (tertiary/aromatic N) is 4. The number of aromatic nitrogens is 3. The van der Waals surface area contributed by atoms with Crippen molar-refractivity contribution in [2.75, 3.05) is 23.3 Å². The predicted molar refractivity (Wildman–Crippen MR) is 105 cm³/mol. The Bertz CT molecular complexity index is 929. The number of piperidine rings is 1. The van der Waals surface area contributed by atoms with E-state index in [4.69, 9.17) is 0 Å². The number of rotatable bonds is 3. The molecule has 0 bridgehead atoms. The van der Waals surface area contributed by atoms with E-state index in [0.29, 0.717) is 5.82 Å². The Labute approximate surface area is 156 Å². The van der Waals surface area contributed by atoms with Crippen molar-refractivity contribution in [1.29, 1.82) is 0 Å². The molecule has 0 atom stereocenters. The molecule has 134 valence electrons. The Morgan fingerprint density at radius 1 is 1.19 bits per heavy atom. The quantitative estimate of drug-likeness (QED) is 0.766. The second-order valence-electron chi connectivity index (χ2n) is 6.77. The minimum absolute atomic E-state index is 0.0109. The van der Waals surface area contributed by atoms with E-state index in [1.807, 2.05) is 19.1 Å². The number of hydrogen-bond donors (Lipinski definition) is 1. The van der Waals surface area contributed by atoms with Gasteiger partial charge in [0.05, 0.1) is 10.2 Å². The molecule has 0 saturated carbocycles. The lowest BCUT2D eigenvalue weighted by atomic mass is 9.96. The first-order valence-electron chi connectivity index (χ1n) is 8.79. The first kappa shape index (κ1) is 16.9. The lowest BCUT2D eigenvalue weighted by Crippen LogP contribution is -2.38. The SMILES string of the molecule is Cc1ccc(NC(=O)C2CCN(c3ncnc4c(C)csc34)CC2)nc1. The lowest BCUT2D eigenvalue weighted by molar-refractivity contribution is -0.120. The second-order valence-corrected chi connectivity index (χ2v) is 7.64. The van der Waals surface area contributed by atoms with Crippen LogP contribution < -0.4 is 10.2 Å². The standard InChI is InChI=1S/C19H21N5OS/c1-12-3-4-15(20-9-12)23-19(25)14-5-7-24(8-6-14)18-17-16(21-11-22-18)13(2)10-26-17/h3-4,9-11,14H,5-8H2,1-2H3,(H,20,23,25). The van der Waals surface area contributed by atoms with E-state index in [1.54, 1.807) is 23.9 Å². The van der Waals surface area contributed by atoms with Crippen LogP contribution in [-0.2, 0) is 4.79 Å². The Morgan fingerprint density at radius 3 is 2.73 bits per heavy atom. The molecule has 0 spiro atoms. The van der Waals surface area contributed by atoms with E-state index in [2.05, 4.69) is 37.5 Å². The molecule has 4 rings (SSSR count). The fourth-order valence-corrected chi connectivity index (χ4v) is 4.32. The highest BCUT2D eigenvalue weighted by atomic mass is 32.1. The minimum atomic E-state index is 0.0109. The third kappa shape index (κ3) is 3.26. The van der Waals surface area contributed by atoms with Gasteiger partial charge in [-0.3, -0.25) is 4.79 Å². The van der Waals surface area contributed by atoms with Crippen LogP contribution in [0.3, 0.4) is 0 Å². The van der Waals surface area contributed by atoms with Gasteiger partial charge in [-0.1, -0.05) is 6.07 Å². The van der Waals surface area contributed by atoms with Gasteiger partial charge in [0.25, 0.3) is 0 Å². The molecule has 7 heteroatoms. The molecule has 4 heterocycles. The van der Waals surface area contributed by atoms with Gasteiger partial charge in [-0.2, -0.15) is 0 Å². The van der Waals surface area contributed by atoms with Gasteiger partial charge in [0.2, 0.25) is 5.91 Å². The van der Waals surface area contributed by atoms with Gasteiger partial charge in [-0.15, -0.1) is 11.3 Å². The monoisotopic (exact) mass is 367 g/mol. The van der Waals surface area contributed by atoms with Gasteiger partial charge >= 0.3 is 0 Å². The number of carbonyl (C=O) groups excluding carboxylic acids is 1. The van der Waals surface area contributed by atoms with Crippen molar-refractivity contribution < 1.29 is 4.79 Å². The summed E-state index contributed by atoms with van der Waals surface area (Å²) in [6.45, 7) is 5.70. The average Bonchev–Trinajstić information content (AvgIpc) is 3.05. The van der Waals surface area contributed by atoms with Crippen LogP contribution >= 0.6 is 11.3 Å². The first-order chi connectivity index (χ1) is 12.6. The molecule has 0 unspecified atom stereocenters. The highest BCUT2D eigenvalue weighted by Crippen LogP contribution is 2.33. The van der Waals surface area contributed by atoms with Gasteiger partial charge in [0.15, 0.2) is 0 Å². The maximum Gasteiger partial charge on any atom is 0.228 e. The van der Waals surface area contributed by atoms with E-state index in [-0.39, 0.29) is 11.8 Å². The highest BCUT2D eigenvalue weighted by molar-refractivity contribution is 7.18. The van der Waals surface area contributed by atoms with Crippen molar-refractivity contribution in [3.05, 3.63) is 41.2 Å². The number of anilines is 2. The maximum absolute atomic E-state index is 12.5. The highest BCUT2D eigenvalue weighted by Gasteiger charge is 2.27. The van der Waals surface area contributed by atoms with Crippen molar-refractivity contribution in [2.45, 2.75) is 26.7 Å². The molecule has 0 aliphatic carbocycles. The summed E-state index contributed by atoms with van der Waals surface area (Å²) in [5.41, 5.74) is 3.30. The van der Waals surface area contributed by atoms with Crippen molar-refractivity contribution in [1.82, 2.24) is 15.0 Å². The molecule has 3 aromatic rings. The number of aryl methyl sites for hydroxylation is 2. The van der Waals surface area contributed by atoms with Crippen LogP contribution in [0.15, 0.2) is 30.0 Å². The normalized spacial score (nSPS) is 15.4. The molecule has 26 heavy (non-hydrogen) atoms. The van der Waals surface area contributed by atoms with Crippen molar-refractivity contribution >= 4 is 39.1 Å². The van der Waals surface area contributed by atoms with Gasteiger partial charge in [-0.05, 0) is 49.3 Å². The number of carbonyl (C=O) groups is 1. The number of hydrogen-bond acceptors (Lipinski definition) is 6. The third-order valence-corrected chi connectivity index (χ3v) is 5.92. The van der Waals surface area contributed by atoms with Crippen molar-refractivity contribution in [2.24, 2.45) is 5.92 Å². The maximum atomic E-state index is 12.5. The average molecular weight is 367 g/mol. The smallest absolute Gasteiger partial charge is 0.228 e. The van der Waals surface area contributed by atoms with Crippen LogP contribution in [0.2, 0.25) is 0 Å². The third-order valence-electron chi connectivity index (χ3n) is 4.84. The molecule has 1 aliphatic rings. The molecule has 1 amide bonds. The van der Waals surface area contributed by atoms with E-state index >= 15 is 0 Å². The lowest BCUT2D eigenvalue weighted by Gasteiger charge is -2.32. The Kier molecular flexibility index (Phi) is 4.55. The molecule has 0 aromatic carbocycles. The van der Waals surface area contributed by atoms with Crippen LogP contribution in [0.5, 0.6) is 0 Å². The number of thiophene rings is 1. The van der Waals surface area contributed by atoms with Gasteiger partial charge < -0.3 is 10.2 Å². The Hall–Kier alpha value is -2.54. The Balaban J connectivity index is 1.42. The molecule has 6 nitrogen and oxygen atoms in total. The summed E-state index contributed by atoms with van der Waals surface area (Å²) < 4.78 is 1.14. The number of pyridine rings is 1. The molecule has 0 radical (unpaired) electrons. The van der Waals surface area contributed by atoms with E-state index < -0.39 is 0 Å². The van der Waals surface area contributed by atoms with Crippen molar-refractivity contribution in [3.8, 4) is 0 Å². The summed E-state index contributed by atoms with van der Waals surface area (Å²) in [4.78, 5) is 27.9. The van der Waals surface area contributed by atoms with Crippen molar-refractivity contribution in [3.63, 3.8) is 0 Å². The summed E-state index contributed by atoms with van der Waals surface area (Å²) in [5, 5.41) is 5.06. The van der Waals surface area contributed by atoms with Crippen LogP contribution in [0.4, 0.5) is 11.6 Å². The molecule has 1 N–H and O–H groups in total. The molecule has 1 aliphatic heterocycles. The number of fused-ring (bicyclic) bond motifs is 1. The van der Waals surface area contributed by atoms with E-state index in [9.17, 15) is 4.79 Å².